The van der Waals surface area contributed by atoms with Crippen LogP contribution in [0, 0.1) is 5.92 Å². The predicted molar refractivity (Wildman–Crippen MR) is 86.8 cm³/mol. The summed E-state index contributed by atoms with van der Waals surface area (Å²) in [5.41, 5.74) is 0.802. The van der Waals surface area contributed by atoms with E-state index in [9.17, 15) is 5.11 Å². The van der Waals surface area contributed by atoms with Crippen molar-refractivity contribution in [3.8, 4) is 11.5 Å². The van der Waals surface area contributed by atoms with Crippen molar-refractivity contribution in [1.29, 1.82) is 0 Å². The molecule has 3 aliphatic rings. The number of rotatable bonds is 0. The van der Waals surface area contributed by atoms with Crippen LogP contribution in [0.25, 0.3) is 0 Å². The van der Waals surface area contributed by atoms with Gasteiger partial charge in [0.25, 0.3) is 0 Å². The van der Waals surface area contributed by atoms with E-state index in [2.05, 4.69) is 19.2 Å². The third-order valence-electron chi connectivity index (χ3n) is 5.29. The molecule has 2 fully saturated rings. The molecule has 0 saturated carbocycles. The van der Waals surface area contributed by atoms with Crippen LogP contribution in [-0.2, 0) is 4.74 Å². The quantitative estimate of drug-likeness (QED) is 0.769. The molecule has 4 atom stereocenters. The summed E-state index contributed by atoms with van der Waals surface area (Å²) in [6.45, 7) is 5.35. The number of hydrogen-bond donors (Lipinski definition) is 2. The van der Waals surface area contributed by atoms with Gasteiger partial charge in [-0.2, -0.15) is 0 Å². The normalized spacial score (nSPS) is 35.2. The van der Waals surface area contributed by atoms with Crippen LogP contribution in [0.5, 0.6) is 11.5 Å². The lowest BCUT2D eigenvalue weighted by Gasteiger charge is -2.52. The summed E-state index contributed by atoms with van der Waals surface area (Å²) < 4.78 is 12.7. The zero-order valence-electron chi connectivity index (χ0n) is 13.0. The highest BCUT2D eigenvalue weighted by Crippen LogP contribution is 2.51. The van der Waals surface area contributed by atoms with E-state index in [0.717, 1.165) is 30.7 Å². The smallest absolute Gasteiger partial charge is 0.129 e. The van der Waals surface area contributed by atoms with Crippen LogP contribution in [0.4, 0.5) is 0 Å². The Morgan fingerprint density at radius 2 is 2.14 bits per heavy atom. The molecule has 4 nitrogen and oxygen atoms in total. The standard InChI is InChI=1S/C17H23NO3.ClH/c1-17(2)12-9-13-14(4-3-7-18-13)20-16(12)11-6-5-10(19)8-15(11)21-17;/h5-6,8,12-14,16,18-19H,3-4,7,9H2,1-2H3;1H/t12-,13-,14-,16+;/m1./s1. The molecule has 22 heavy (non-hydrogen) atoms. The molecule has 2 saturated heterocycles. The summed E-state index contributed by atoms with van der Waals surface area (Å²) in [6, 6.07) is 5.84. The van der Waals surface area contributed by atoms with E-state index < -0.39 is 0 Å². The van der Waals surface area contributed by atoms with E-state index in [1.165, 1.54) is 6.42 Å². The van der Waals surface area contributed by atoms with E-state index in [4.69, 9.17) is 9.47 Å². The molecule has 0 aromatic heterocycles. The molecule has 2 N–H and O–H groups in total. The van der Waals surface area contributed by atoms with Crippen molar-refractivity contribution in [2.24, 2.45) is 5.92 Å². The molecule has 3 aliphatic heterocycles. The maximum Gasteiger partial charge on any atom is 0.129 e. The third kappa shape index (κ3) is 2.47. The molecule has 5 heteroatoms. The molecule has 0 bridgehead atoms. The molecule has 0 radical (unpaired) electrons. The Morgan fingerprint density at radius 3 is 2.95 bits per heavy atom. The van der Waals surface area contributed by atoms with Gasteiger partial charge in [-0.25, -0.2) is 0 Å². The van der Waals surface area contributed by atoms with Crippen molar-refractivity contribution in [2.45, 2.75) is 57.0 Å². The molecule has 4 rings (SSSR count). The summed E-state index contributed by atoms with van der Waals surface area (Å²) in [4.78, 5) is 0. The lowest BCUT2D eigenvalue weighted by Crippen LogP contribution is -2.57. The second-order valence-corrected chi connectivity index (χ2v) is 7.07. The van der Waals surface area contributed by atoms with E-state index >= 15 is 0 Å². The molecule has 0 amide bonds. The molecule has 3 heterocycles. The highest BCUT2D eigenvalue weighted by molar-refractivity contribution is 5.85. The monoisotopic (exact) mass is 325 g/mol. The number of hydrogen-bond acceptors (Lipinski definition) is 4. The maximum atomic E-state index is 9.71. The van der Waals surface area contributed by atoms with Gasteiger partial charge >= 0.3 is 0 Å². The van der Waals surface area contributed by atoms with E-state index in [-0.39, 0.29) is 29.9 Å². The van der Waals surface area contributed by atoms with E-state index in [0.29, 0.717) is 18.1 Å². The van der Waals surface area contributed by atoms with Crippen molar-refractivity contribution in [2.75, 3.05) is 6.54 Å². The van der Waals surface area contributed by atoms with Crippen LogP contribution in [0.15, 0.2) is 18.2 Å². The minimum atomic E-state index is -0.282. The van der Waals surface area contributed by atoms with Crippen LogP contribution < -0.4 is 10.1 Å². The molecule has 0 aliphatic carbocycles. The Kier molecular flexibility index (Phi) is 4.04. The van der Waals surface area contributed by atoms with Crippen molar-refractivity contribution in [3.63, 3.8) is 0 Å². The number of phenols is 1. The van der Waals surface area contributed by atoms with Gasteiger partial charge in [-0.3, -0.25) is 0 Å². The fourth-order valence-corrected chi connectivity index (χ4v) is 4.15. The summed E-state index contributed by atoms with van der Waals surface area (Å²) >= 11 is 0. The average Bonchev–Trinajstić information content (AvgIpc) is 2.45. The molecule has 1 aromatic rings. The number of halogens is 1. The Bertz CT molecular complexity index is 563. The van der Waals surface area contributed by atoms with Crippen molar-refractivity contribution in [3.05, 3.63) is 23.8 Å². The average molecular weight is 326 g/mol. The first-order chi connectivity index (χ1) is 10.0. The zero-order valence-corrected chi connectivity index (χ0v) is 13.9. The van der Waals surface area contributed by atoms with Gasteiger partial charge in [0.1, 0.15) is 17.1 Å². The minimum Gasteiger partial charge on any atom is -0.508 e. The van der Waals surface area contributed by atoms with Gasteiger partial charge in [-0.15, -0.1) is 12.4 Å². The van der Waals surface area contributed by atoms with Crippen molar-refractivity contribution < 1.29 is 14.6 Å². The largest absolute Gasteiger partial charge is 0.508 e. The first kappa shape index (κ1) is 15.9. The number of fused-ring (bicyclic) bond motifs is 4. The highest BCUT2D eigenvalue weighted by Gasteiger charge is 2.50. The first-order valence-corrected chi connectivity index (χ1v) is 7.95. The minimum absolute atomic E-state index is 0. The predicted octanol–water partition coefficient (Wildman–Crippen LogP) is 3.18. The van der Waals surface area contributed by atoms with Crippen LogP contribution in [-0.4, -0.2) is 29.4 Å². The van der Waals surface area contributed by atoms with Crippen LogP contribution in [0.1, 0.15) is 44.8 Å². The molecular weight excluding hydrogens is 302 g/mol. The topological polar surface area (TPSA) is 50.7 Å². The Morgan fingerprint density at radius 1 is 1.32 bits per heavy atom. The Hall–Kier alpha value is -0.970. The second kappa shape index (κ2) is 5.59. The number of ether oxygens (including phenoxy) is 2. The fourth-order valence-electron chi connectivity index (χ4n) is 4.15. The van der Waals surface area contributed by atoms with E-state index in [1.54, 1.807) is 12.1 Å². The SMILES string of the molecule is CC1(C)Oc2cc(O)ccc2[C@@H]2O[C@@H]3CCCN[C@@H]3C[C@H]21.Cl. The van der Waals surface area contributed by atoms with Crippen molar-refractivity contribution >= 4 is 12.4 Å². The summed E-state index contributed by atoms with van der Waals surface area (Å²) in [6.07, 6.45) is 3.78. The summed E-state index contributed by atoms with van der Waals surface area (Å²) in [5, 5.41) is 13.3. The third-order valence-corrected chi connectivity index (χ3v) is 5.29. The molecular formula is C17H24ClNO3. The van der Waals surface area contributed by atoms with Gasteiger partial charge in [0, 0.05) is 23.6 Å². The van der Waals surface area contributed by atoms with Crippen molar-refractivity contribution in [1.82, 2.24) is 5.32 Å². The van der Waals surface area contributed by atoms with E-state index in [1.807, 2.05) is 6.07 Å². The number of benzene rings is 1. The van der Waals surface area contributed by atoms with Gasteiger partial charge < -0.3 is 19.9 Å². The Labute approximate surface area is 137 Å². The Balaban J connectivity index is 0.00000144. The van der Waals surface area contributed by atoms with Gasteiger partial charge in [0.05, 0.1) is 12.2 Å². The lowest BCUT2D eigenvalue weighted by atomic mass is 9.73. The van der Waals surface area contributed by atoms with Gasteiger partial charge in [-0.1, -0.05) is 0 Å². The number of piperidine rings is 1. The zero-order chi connectivity index (χ0) is 14.6. The number of phenolic OH excluding ortho intramolecular Hbond substituents is 1. The maximum absolute atomic E-state index is 9.71. The molecule has 0 unspecified atom stereocenters. The summed E-state index contributed by atoms with van der Waals surface area (Å²) in [5.74, 6) is 1.35. The molecule has 122 valence electrons. The number of aromatic hydroxyl groups is 1. The molecule has 1 aromatic carbocycles. The fraction of sp³-hybridized carbons (Fsp3) is 0.647. The molecule has 0 spiro atoms. The summed E-state index contributed by atoms with van der Waals surface area (Å²) in [7, 11) is 0. The van der Waals surface area contributed by atoms with Gasteiger partial charge in [-0.05, 0) is 51.8 Å². The van der Waals surface area contributed by atoms with Gasteiger partial charge in [0.15, 0.2) is 0 Å². The number of nitrogens with one attached hydrogen (secondary N) is 1. The van der Waals surface area contributed by atoms with Crippen LogP contribution in [0.2, 0.25) is 0 Å². The van der Waals surface area contributed by atoms with Crippen LogP contribution >= 0.6 is 12.4 Å². The van der Waals surface area contributed by atoms with Gasteiger partial charge in [0.2, 0.25) is 0 Å². The second-order valence-electron chi connectivity index (χ2n) is 7.07. The highest BCUT2D eigenvalue weighted by atomic mass is 35.5. The van der Waals surface area contributed by atoms with Crippen LogP contribution in [0.3, 0.4) is 0 Å². The first-order valence-electron chi connectivity index (χ1n) is 7.95. The lowest BCUT2D eigenvalue weighted by molar-refractivity contribution is -0.168.